The van der Waals surface area contributed by atoms with Crippen LogP contribution in [-0.2, 0) is 0 Å². The van der Waals surface area contributed by atoms with Gasteiger partial charge in [0.25, 0.3) is 11.6 Å². The molecule has 8 nitrogen and oxygen atoms in total. The number of non-ortho nitro benzene ring substituents is 1. The number of rotatable bonds is 5. The first kappa shape index (κ1) is 20.5. The number of carbonyl (C=O) groups excluding carboxylic acids is 1. The van der Waals surface area contributed by atoms with Crippen molar-refractivity contribution < 1.29 is 9.72 Å². The van der Waals surface area contributed by atoms with E-state index in [9.17, 15) is 14.9 Å². The highest BCUT2D eigenvalue weighted by Crippen LogP contribution is 2.57. The summed E-state index contributed by atoms with van der Waals surface area (Å²) in [5.41, 5.74) is 5.49. The third-order valence-corrected chi connectivity index (χ3v) is 7.92. The molecule has 0 aliphatic heterocycles. The van der Waals surface area contributed by atoms with E-state index >= 15 is 0 Å². The number of carbonyl (C=O) groups is 1. The van der Waals surface area contributed by atoms with E-state index in [0.29, 0.717) is 44.6 Å². The number of aryl methyl sites for hydroxylation is 1. The summed E-state index contributed by atoms with van der Waals surface area (Å²) in [6, 6.07) is 5.86. The largest absolute Gasteiger partial charge is 0.321 e. The summed E-state index contributed by atoms with van der Waals surface area (Å²) in [4.78, 5) is 27.9. The summed E-state index contributed by atoms with van der Waals surface area (Å²) in [6.45, 7) is 8.77. The van der Waals surface area contributed by atoms with Crippen LogP contribution in [0.15, 0.2) is 29.4 Å². The normalized spacial score (nSPS) is 25.5. The number of fused-ring (bicyclic) bond motifs is 2. The number of nitro benzene ring substituents is 1. The lowest BCUT2D eigenvalue weighted by Crippen LogP contribution is -2.33. The molecule has 4 rings (SSSR count). The molecule has 0 saturated heterocycles. The van der Waals surface area contributed by atoms with Gasteiger partial charge < -0.3 is 5.32 Å². The lowest BCUT2D eigenvalue weighted by molar-refractivity contribution is -0.384. The topological polar surface area (TPSA) is 110 Å². The maximum absolute atomic E-state index is 12.6. The van der Waals surface area contributed by atoms with Crippen LogP contribution in [0.4, 0.5) is 16.5 Å². The molecule has 30 heavy (non-hydrogen) atoms. The quantitative estimate of drug-likeness (QED) is 0.511. The minimum absolute atomic E-state index is 0.0738. The number of anilines is 2. The van der Waals surface area contributed by atoms with Gasteiger partial charge in [-0.2, -0.15) is 5.10 Å². The Hall–Kier alpha value is -2.81. The smallest absolute Gasteiger partial charge is 0.271 e. The van der Waals surface area contributed by atoms with Gasteiger partial charge in [-0.1, -0.05) is 38.2 Å². The molecule has 2 aliphatic carbocycles. The van der Waals surface area contributed by atoms with Gasteiger partial charge in [-0.25, -0.2) is 4.98 Å². The fourth-order valence-electron chi connectivity index (χ4n) is 4.67. The maximum atomic E-state index is 12.6. The zero-order valence-electron chi connectivity index (χ0n) is 17.4. The van der Waals surface area contributed by atoms with Crippen molar-refractivity contribution >= 4 is 39.5 Å². The van der Waals surface area contributed by atoms with Crippen molar-refractivity contribution in [3.05, 3.63) is 45.0 Å². The Morgan fingerprint density at radius 2 is 2.17 bits per heavy atom. The van der Waals surface area contributed by atoms with Crippen molar-refractivity contribution in [2.45, 2.75) is 40.5 Å². The summed E-state index contributed by atoms with van der Waals surface area (Å²) < 4.78 is 0. The number of nitrogens with one attached hydrogen (secondary N) is 2. The molecule has 0 spiro atoms. The van der Waals surface area contributed by atoms with E-state index in [1.54, 1.807) is 13.0 Å². The molecule has 2 bridgehead atoms. The number of hydrogen-bond acceptors (Lipinski definition) is 7. The predicted octanol–water partition coefficient (Wildman–Crippen LogP) is 5.08. The maximum Gasteiger partial charge on any atom is 0.271 e. The van der Waals surface area contributed by atoms with Gasteiger partial charge in [0.2, 0.25) is 5.13 Å². The van der Waals surface area contributed by atoms with Gasteiger partial charge in [-0.15, -0.1) is 0 Å². The average Bonchev–Trinajstić information content (AvgIpc) is 3.34. The summed E-state index contributed by atoms with van der Waals surface area (Å²) in [7, 11) is 0. The van der Waals surface area contributed by atoms with Crippen molar-refractivity contribution in [2.24, 2.45) is 28.3 Å². The molecule has 1 aromatic carbocycles. The molecule has 2 aliphatic rings. The summed E-state index contributed by atoms with van der Waals surface area (Å²) in [6.07, 6.45) is 2.21. The zero-order chi connectivity index (χ0) is 21.6. The second-order valence-corrected chi connectivity index (χ2v) is 9.76. The van der Waals surface area contributed by atoms with Crippen LogP contribution < -0.4 is 10.7 Å². The minimum atomic E-state index is -0.494. The van der Waals surface area contributed by atoms with Crippen LogP contribution in [-0.4, -0.2) is 21.5 Å². The Labute approximate surface area is 178 Å². The predicted molar refractivity (Wildman–Crippen MR) is 118 cm³/mol. The number of amides is 1. The third-order valence-electron chi connectivity index (χ3n) is 6.86. The van der Waals surface area contributed by atoms with Gasteiger partial charge in [-0.05, 0) is 43.1 Å². The molecule has 2 aromatic rings. The monoisotopic (exact) mass is 427 g/mol. The van der Waals surface area contributed by atoms with E-state index in [2.05, 4.69) is 41.6 Å². The molecule has 1 heterocycles. The van der Waals surface area contributed by atoms with Crippen LogP contribution in [0.25, 0.3) is 0 Å². The number of hydrazone groups is 1. The van der Waals surface area contributed by atoms with Gasteiger partial charge in [0, 0.05) is 29.4 Å². The number of benzene rings is 1. The van der Waals surface area contributed by atoms with Gasteiger partial charge >= 0.3 is 0 Å². The molecule has 9 heteroatoms. The van der Waals surface area contributed by atoms with E-state index in [0.717, 1.165) is 6.42 Å². The molecule has 0 radical (unpaired) electrons. The van der Waals surface area contributed by atoms with E-state index in [4.69, 9.17) is 0 Å². The van der Waals surface area contributed by atoms with Crippen molar-refractivity contribution in [1.29, 1.82) is 0 Å². The van der Waals surface area contributed by atoms with Crippen LogP contribution >= 0.6 is 11.3 Å². The lowest BCUT2D eigenvalue weighted by atomic mass is 9.69. The summed E-state index contributed by atoms with van der Waals surface area (Å²) >= 11 is 1.23. The Morgan fingerprint density at radius 1 is 1.40 bits per heavy atom. The molecule has 2 N–H and O–H groups in total. The molecule has 3 atom stereocenters. The molecule has 3 unspecified atom stereocenters. The van der Waals surface area contributed by atoms with Crippen LogP contribution in [0.1, 0.15) is 49.0 Å². The van der Waals surface area contributed by atoms with Gasteiger partial charge in [0.15, 0.2) is 0 Å². The average molecular weight is 428 g/mol. The number of nitrogens with zero attached hydrogens (tertiary/aromatic N) is 3. The summed E-state index contributed by atoms with van der Waals surface area (Å²) in [5.74, 6) is 1.44. The van der Waals surface area contributed by atoms with Gasteiger partial charge in [0.05, 0.1) is 10.6 Å². The molecule has 2 saturated carbocycles. The van der Waals surface area contributed by atoms with Crippen molar-refractivity contribution in [2.75, 3.05) is 10.7 Å². The molecule has 2 fully saturated rings. The highest BCUT2D eigenvalue weighted by molar-refractivity contribution is 7.17. The van der Waals surface area contributed by atoms with E-state index in [1.807, 2.05) is 0 Å². The second kappa shape index (κ2) is 7.46. The van der Waals surface area contributed by atoms with Gasteiger partial charge in [-0.3, -0.25) is 20.3 Å². The number of nitro groups is 1. The number of aromatic nitrogens is 1. The van der Waals surface area contributed by atoms with E-state index < -0.39 is 4.92 Å². The number of hydrogen-bond donors (Lipinski definition) is 2. The Balaban J connectivity index is 1.44. The van der Waals surface area contributed by atoms with Crippen molar-refractivity contribution in [3.63, 3.8) is 0 Å². The Kier molecular flexibility index (Phi) is 5.09. The molecule has 158 valence electrons. The van der Waals surface area contributed by atoms with Crippen LogP contribution in [0.5, 0.6) is 0 Å². The first-order valence-corrected chi connectivity index (χ1v) is 10.8. The second-order valence-electron chi connectivity index (χ2n) is 8.76. The lowest BCUT2D eigenvalue weighted by Gasteiger charge is -2.36. The van der Waals surface area contributed by atoms with Crippen molar-refractivity contribution in [3.8, 4) is 0 Å². The molecular weight excluding hydrogens is 402 g/mol. The molecule has 1 aromatic heterocycles. The van der Waals surface area contributed by atoms with E-state index in [1.165, 1.54) is 41.7 Å². The molecule has 1 amide bonds. The Morgan fingerprint density at radius 3 is 2.83 bits per heavy atom. The van der Waals surface area contributed by atoms with Crippen LogP contribution in [0, 0.1) is 40.2 Å². The van der Waals surface area contributed by atoms with Gasteiger partial charge in [0.1, 0.15) is 4.88 Å². The zero-order valence-corrected chi connectivity index (χ0v) is 18.2. The fraction of sp³-hybridized carbons (Fsp3) is 0.476. The third kappa shape index (κ3) is 3.58. The highest BCUT2D eigenvalue weighted by Gasteiger charge is 2.53. The molecular formula is C21H25N5O3S. The first-order valence-electron chi connectivity index (χ1n) is 10.0. The van der Waals surface area contributed by atoms with Crippen LogP contribution in [0.3, 0.4) is 0 Å². The minimum Gasteiger partial charge on any atom is -0.321 e. The highest BCUT2D eigenvalue weighted by atomic mass is 32.1. The van der Waals surface area contributed by atoms with Crippen LogP contribution in [0.2, 0.25) is 0 Å². The Bertz CT molecular complexity index is 1040. The van der Waals surface area contributed by atoms with E-state index in [-0.39, 0.29) is 11.6 Å². The number of thiazole rings is 1. The first-order chi connectivity index (χ1) is 14.2. The van der Waals surface area contributed by atoms with Crippen molar-refractivity contribution in [1.82, 2.24) is 4.98 Å². The fourth-order valence-corrected chi connectivity index (χ4v) is 5.47. The standard InChI is InChI=1S/C21H25N5O3S/c1-11-16-8-13(21(11,3)4)9-17(16)24-25-20-22-12(2)18(30-20)19(27)23-14-6-5-7-15(10-14)26(28)29/h5-7,10-11,13,16H,8-9H2,1-4H3,(H,22,25)(H,23,27). The summed E-state index contributed by atoms with van der Waals surface area (Å²) in [5, 5.41) is 18.8. The SMILES string of the molecule is Cc1nc(NN=C2CC3CC2C(C)C3(C)C)sc1C(=O)Nc1cccc([N+](=O)[O-])c1.